The van der Waals surface area contributed by atoms with Gasteiger partial charge in [0.1, 0.15) is 12.0 Å². The second-order valence-corrected chi connectivity index (χ2v) is 7.55. The van der Waals surface area contributed by atoms with E-state index in [1.807, 2.05) is 18.3 Å². The molecule has 0 aromatic carbocycles. The lowest BCUT2D eigenvalue weighted by molar-refractivity contribution is -0.129. The van der Waals surface area contributed by atoms with Gasteiger partial charge in [0.05, 0.1) is 24.0 Å². The van der Waals surface area contributed by atoms with Crippen LogP contribution < -0.4 is 21.1 Å². The van der Waals surface area contributed by atoms with Crippen molar-refractivity contribution in [2.45, 2.75) is 38.0 Å². The minimum absolute atomic E-state index is 0.0827. The van der Waals surface area contributed by atoms with Crippen LogP contribution in [0.5, 0.6) is 0 Å². The number of hydrogen-bond donors (Lipinski definition) is 3. The van der Waals surface area contributed by atoms with Gasteiger partial charge < -0.3 is 5.32 Å². The van der Waals surface area contributed by atoms with Crippen molar-refractivity contribution in [3.05, 3.63) is 48.3 Å². The highest BCUT2D eigenvalue weighted by molar-refractivity contribution is 5.82. The molecule has 1 aliphatic carbocycles. The van der Waals surface area contributed by atoms with Crippen LogP contribution in [0, 0.1) is 18.8 Å². The summed E-state index contributed by atoms with van der Waals surface area (Å²) in [5.74, 6) is 1.42. The summed E-state index contributed by atoms with van der Waals surface area (Å²) in [6.07, 6.45) is 9.14. The Morgan fingerprint density at radius 3 is 2.74 bits per heavy atom. The lowest BCUT2D eigenvalue weighted by Gasteiger charge is -2.46. The number of aryl methyl sites for hydroxylation is 1. The molecular weight excluding hydrogens is 342 g/mol. The molecule has 2 aliphatic heterocycles. The highest BCUT2D eigenvalue weighted by atomic mass is 16.2. The van der Waals surface area contributed by atoms with Gasteiger partial charge in [0.15, 0.2) is 0 Å². The summed E-state index contributed by atoms with van der Waals surface area (Å²) in [5.41, 5.74) is 5.50. The molecule has 3 fully saturated rings. The third kappa shape index (κ3) is 2.76. The molecule has 0 radical (unpaired) electrons. The molecule has 4 heterocycles. The molecule has 27 heavy (non-hydrogen) atoms. The largest absolute Gasteiger partial charge is 0.340 e. The summed E-state index contributed by atoms with van der Waals surface area (Å²) in [6.45, 7) is 2.67. The van der Waals surface area contributed by atoms with E-state index in [9.17, 15) is 4.79 Å². The molecule has 140 valence electrons. The molecule has 3 aliphatic rings. The zero-order valence-electron chi connectivity index (χ0n) is 15.2. The number of carbonyl (C=O) groups excluding carboxylic acids is 1. The highest BCUT2D eigenvalue weighted by Gasteiger charge is 2.49. The first-order chi connectivity index (χ1) is 13.2. The summed E-state index contributed by atoms with van der Waals surface area (Å²) in [4.78, 5) is 25.9. The van der Waals surface area contributed by atoms with Gasteiger partial charge in [-0.2, -0.15) is 0 Å². The van der Waals surface area contributed by atoms with E-state index in [2.05, 4.69) is 42.9 Å². The van der Waals surface area contributed by atoms with Crippen molar-refractivity contribution in [1.82, 2.24) is 31.0 Å². The summed E-state index contributed by atoms with van der Waals surface area (Å²) in [5, 5.41) is 8.92. The van der Waals surface area contributed by atoms with Crippen LogP contribution in [0.1, 0.15) is 30.1 Å². The smallest absolute Gasteiger partial charge is 0.229 e. The molecule has 3 N–H and O–H groups in total. The molecule has 0 bridgehead atoms. The minimum atomic E-state index is -0.132. The second kappa shape index (κ2) is 6.54. The first kappa shape index (κ1) is 16.6. The number of anilines is 1. The average molecular weight is 365 g/mol. The van der Waals surface area contributed by atoms with Gasteiger partial charge in [-0.05, 0) is 37.5 Å². The summed E-state index contributed by atoms with van der Waals surface area (Å²) in [6, 6.07) is 3.82. The quantitative estimate of drug-likeness (QED) is 0.736. The number of aromatic nitrogens is 3. The Morgan fingerprint density at radius 1 is 1.15 bits per heavy atom. The first-order valence-electron chi connectivity index (χ1n) is 9.49. The van der Waals surface area contributed by atoms with E-state index in [4.69, 9.17) is 0 Å². The fraction of sp³-hybridized carbons (Fsp3) is 0.474. The van der Waals surface area contributed by atoms with Gasteiger partial charge in [-0.1, -0.05) is 0 Å². The third-order valence-corrected chi connectivity index (χ3v) is 6.07. The third-order valence-electron chi connectivity index (χ3n) is 6.07. The molecule has 8 heteroatoms. The molecule has 5 atom stereocenters. The molecule has 2 aromatic rings. The van der Waals surface area contributed by atoms with Crippen molar-refractivity contribution in [2.24, 2.45) is 11.8 Å². The zero-order chi connectivity index (χ0) is 18.4. The molecule has 8 nitrogen and oxygen atoms in total. The number of pyridine rings is 1. The van der Waals surface area contributed by atoms with Gasteiger partial charge >= 0.3 is 0 Å². The topological polar surface area (TPSA) is 95.1 Å². The van der Waals surface area contributed by atoms with Gasteiger partial charge in [-0.15, -0.1) is 0 Å². The lowest BCUT2D eigenvalue weighted by atomic mass is 9.70. The number of rotatable bonds is 3. The van der Waals surface area contributed by atoms with Crippen LogP contribution in [0.15, 0.2) is 36.9 Å². The van der Waals surface area contributed by atoms with Crippen LogP contribution in [0.25, 0.3) is 0 Å². The Kier molecular flexibility index (Phi) is 4.02. The summed E-state index contributed by atoms with van der Waals surface area (Å²) < 4.78 is 0. The summed E-state index contributed by atoms with van der Waals surface area (Å²) in [7, 11) is 0. The first-order valence-corrected chi connectivity index (χ1v) is 9.49. The molecular formula is C19H23N7O. The molecule has 5 rings (SSSR count). The maximum absolute atomic E-state index is 12.8. The molecule has 2 aromatic heterocycles. The van der Waals surface area contributed by atoms with E-state index < -0.39 is 0 Å². The van der Waals surface area contributed by atoms with E-state index in [1.165, 1.54) is 0 Å². The number of amides is 1. The lowest BCUT2D eigenvalue weighted by Crippen LogP contribution is -2.67. The van der Waals surface area contributed by atoms with Crippen molar-refractivity contribution in [1.29, 1.82) is 0 Å². The van der Waals surface area contributed by atoms with Crippen molar-refractivity contribution in [3.8, 4) is 0 Å². The molecule has 1 amide bonds. The molecule has 0 spiro atoms. The van der Waals surface area contributed by atoms with E-state index in [-0.39, 0.29) is 30.1 Å². The monoisotopic (exact) mass is 365 g/mol. The number of hydrazine groups is 1. The van der Waals surface area contributed by atoms with Crippen molar-refractivity contribution >= 4 is 11.6 Å². The molecule has 2 saturated heterocycles. The molecule has 1 saturated carbocycles. The van der Waals surface area contributed by atoms with Gasteiger partial charge in [0, 0.05) is 37.0 Å². The van der Waals surface area contributed by atoms with E-state index in [0.717, 1.165) is 29.9 Å². The van der Waals surface area contributed by atoms with E-state index in [1.54, 1.807) is 18.6 Å². The maximum Gasteiger partial charge on any atom is 0.229 e. The van der Waals surface area contributed by atoms with Crippen LogP contribution in [0.4, 0.5) is 5.69 Å². The van der Waals surface area contributed by atoms with Crippen molar-refractivity contribution in [2.75, 3.05) is 11.6 Å². The van der Waals surface area contributed by atoms with Crippen LogP contribution >= 0.6 is 0 Å². The van der Waals surface area contributed by atoms with Crippen LogP contribution in [-0.2, 0) is 4.79 Å². The Bertz CT molecular complexity index is 845. The number of hydrogen-bond acceptors (Lipinski definition) is 7. The standard InChI is InChI=1S/C19H23N7O/c1-11-5-8-20-10-15(11)26-18-14(9-23-26)19(27)25-17(24-18)13-4-3-12(13)16-21-6-2-7-22-16/h2,5-8,10,12-14,17-18,23-24H,3-4,9H2,1H3,(H,25,27)/t12-,13-,14?,17?,18?/m1/s1. The fourth-order valence-corrected chi connectivity index (χ4v) is 4.42. The normalized spacial score (nSPS) is 32.6. The van der Waals surface area contributed by atoms with E-state index >= 15 is 0 Å². The van der Waals surface area contributed by atoms with Crippen LogP contribution in [-0.4, -0.2) is 39.7 Å². The van der Waals surface area contributed by atoms with Gasteiger partial charge in [-0.25, -0.2) is 15.4 Å². The predicted octanol–water partition coefficient (Wildman–Crippen LogP) is 0.686. The Hall–Kier alpha value is -2.58. The van der Waals surface area contributed by atoms with Gasteiger partial charge in [-0.3, -0.25) is 20.1 Å². The van der Waals surface area contributed by atoms with Crippen molar-refractivity contribution in [3.63, 3.8) is 0 Å². The number of carbonyl (C=O) groups is 1. The fourth-order valence-electron chi connectivity index (χ4n) is 4.42. The number of nitrogens with one attached hydrogen (secondary N) is 3. The van der Waals surface area contributed by atoms with Crippen LogP contribution in [0.2, 0.25) is 0 Å². The Balaban J connectivity index is 1.38. The average Bonchev–Trinajstić information content (AvgIpc) is 3.06. The number of fused-ring (bicyclic) bond motifs is 1. The second-order valence-electron chi connectivity index (χ2n) is 7.55. The van der Waals surface area contributed by atoms with Gasteiger partial charge in [0.25, 0.3) is 0 Å². The van der Waals surface area contributed by atoms with Crippen molar-refractivity contribution < 1.29 is 4.79 Å². The Labute approximate surface area is 157 Å². The molecule has 3 unspecified atom stereocenters. The predicted molar refractivity (Wildman–Crippen MR) is 99.3 cm³/mol. The SMILES string of the molecule is Cc1ccncc1N1NCC2C(=O)NC([C@@H]3CC[C@H]3c3ncccn3)NC21. The van der Waals surface area contributed by atoms with Crippen LogP contribution in [0.3, 0.4) is 0 Å². The Morgan fingerprint density at radius 2 is 2.00 bits per heavy atom. The zero-order valence-corrected chi connectivity index (χ0v) is 15.2. The van der Waals surface area contributed by atoms with E-state index in [0.29, 0.717) is 12.5 Å². The van der Waals surface area contributed by atoms with Gasteiger partial charge in [0.2, 0.25) is 5.91 Å². The number of nitrogens with zero attached hydrogens (tertiary/aromatic N) is 4. The summed E-state index contributed by atoms with van der Waals surface area (Å²) >= 11 is 0. The maximum atomic E-state index is 12.8. The highest BCUT2D eigenvalue weighted by Crippen LogP contribution is 2.43. The minimum Gasteiger partial charge on any atom is -0.340 e.